The molecule has 88 valence electrons. The first kappa shape index (κ1) is 12.5. The molecule has 0 aliphatic heterocycles. The van der Waals surface area contributed by atoms with Crippen LogP contribution < -0.4 is 10.6 Å². The summed E-state index contributed by atoms with van der Waals surface area (Å²) in [6, 6.07) is 0.541. The van der Waals surface area contributed by atoms with Gasteiger partial charge in [-0.2, -0.15) is 0 Å². The van der Waals surface area contributed by atoms with Gasteiger partial charge < -0.3 is 10.6 Å². The highest BCUT2D eigenvalue weighted by Gasteiger charge is 2.43. The minimum atomic E-state index is -0.0974. The van der Waals surface area contributed by atoms with Crippen molar-refractivity contribution in [1.29, 1.82) is 0 Å². The maximum atomic E-state index is 11.7. The Hall–Kier alpha value is -0.570. The number of amides is 1. The molecule has 1 aliphatic carbocycles. The maximum Gasteiger partial charge on any atom is 0.237 e. The van der Waals surface area contributed by atoms with Crippen molar-refractivity contribution in [2.24, 2.45) is 5.41 Å². The van der Waals surface area contributed by atoms with Crippen molar-refractivity contribution in [1.82, 2.24) is 10.6 Å². The molecule has 1 fully saturated rings. The molecule has 0 aromatic rings. The van der Waals surface area contributed by atoms with E-state index in [0.29, 0.717) is 11.5 Å². The fourth-order valence-electron chi connectivity index (χ4n) is 1.69. The summed E-state index contributed by atoms with van der Waals surface area (Å²) < 4.78 is 0. The van der Waals surface area contributed by atoms with Gasteiger partial charge in [0.1, 0.15) is 0 Å². The van der Waals surface area contributed by atoms with E-state index in [-0.39, 0.29) is 18.0 Å². The van der Waals surface area contributed by atoms with Crippen LogP contribution in [0.25, 0.3) is 0 Å². The van der Waals surface area contributed by atoms with Gasteiger partial charge in [0.2, 0.25) is 5.91 Å². The molecule has 1 amide bonds. The van der Waals surface area contributed by atoms with Crippen molar-refractivity contribution in [3.63, 3.8) is 0 Å². The van der Waals surface area contributed by atoms with E-state index in [2.05, 4.69) is 24.5 Å². The number of carbonyl (C=O) groups is 1. The third kappa shape index (κ3) is 3.49. The van der Waals surface area contributed by atoms with Gasteiger partial charge in [-0.05, 0) is 46.0 Å². The third-order valence-electron chi connectivity index (χ3n) is 3.41. The van der Waals surface area contributed by atoms with Crippen LogP contribution in [0.2, 0.25) is 0 Å². The Morgan fingerprint density at radius 3 is 2.13 bits per heavy atom. The van der Waals surface area contributed by atoms with E-state index >= 15 is 0 Å². The van der Waals surface area contributed by atoms with Gasteiger partial charge in [-0.3, -0.25) is 4.79 Å². The highest BCUT2D eigenvalue weighted by molar-refractivity contribution is 5.81. The Labute approximate surface area is 93.0 Å². The Bertz CT molecular complexity index is 234. The van der Waals surface area contributed by atoms with Crippen molar-refractivity contribution in [3.8, 4) is 0 Å². The monoisotopic (exact) mass is 212 g/mol. The fraction of sp³-hybridized carbons (Fsp3) is 0.917. The van der Waals surface area contributed by atoms with E-state index < -0.39 is 0 Å². The minimum Gasteiger partial charge on any atom is -0.353 e. The molecule has 0 saturated heterocycles. The second-order valence-electron chi connectivity index (χ2n) is 5.43. The van der Waals surface area contributed by atoms with Crippen LogP contribution in [0.4, 0.5) is 0 Å². The van der Waals surface area contributed by atoms with Gasteiger partial charge >= 0.3 is 0 Å². The van der Waals surface area contributed by atoms with Gasteiger partial charge in [-0.15, -0.1) is 0 Å². The molecular weight excluding hydrogens is 188 g/mol. The van der Waals surface area contributed by atoms with Crippen LogP contribution >= 0.6 is 0 Å². The Balaban J connectivity index is 2.34. The highest BCUT2D eigenvalue weighted by Crippen LogP contribution is 2.47. The van der Waals surface area contributed by atoms with Crippen LogP contribution in [-0.4, -0.2) is 24.0 Å². The molecule has 2 N–H and O–H groups in total. The molecular formula is C12H24N2O. The van der Waals surface area contributed by atoms with Gasteiger partial charge in [0.15, 0.2) is 0 Å². The van der Waals surface area contributed by atoms with Gasteiger partial charge in [0.05, 0.1) is 6.04 Å². The first-order chi connectivity index (χ1) is 6.85. The molecule has 1 saturated carbocycles. The number of rotatable bonds is 5. The molecule has 3 heteroatoms. The molecule has 2 unspecified atom stereocenters. The molecule has 0 spiro atoms. The lowest BCUT2D eigenvalue weighted by atomic mass is 10.00. The quantitative estimate of drug-likeness (QED) is 0.728. The zero-order valence-corrected chi connectivity index (χ0v) is 10.6. The standard InChI is InChI=1S/C12H24N2O/c1-8(2)13-11(15)9(3)14-10(4)12(5)6-7-12/h8-10,14H,6-7H2,1-5H3,(H,13,15). The largest absolute Gasteiger partial charge is 0.353 e. The molecule has 3 nitrogen and oxygen atoms in total. The van der Waals surface area contributed by atoms with Gasteiger partial charge in [-0.25, -0.2) is 0 Å². The second kappa shape index (κ2) is 4.52. The Morgan fingerprint density at radius 1 is 1.20 bits per heavy atom. The summed E-state index contributed by atoms with van der Waals surface area (Å²) in [7, 11) is 0. The lowest BCUT2D eigenvalue weighted by molar-refractivity contribution is -0.123. The molecule has 1 aliphatic rings. The fourth-order valence-corrected chi connectivity index (χ4v) is 1.69. The van der Waals surface area contributed by atoms with E-state index in [1.54, 1.807) is 0 Å². The van der Waals surface area contributed by atoms with Crippen molar-refractivity contribution in [3.05, 3.63) is 0 Å². The zero-order chi connectivity index (χ0) is 11.6. The average molecular weight is 212 g/mol. The van der Waals surface area contributed by atoms with Crippen LogP contribution in [0.15, 0.2) is 0 Å². The normalized spacial score (nSPS) is 22.3. The van der Waals surface area contributed by atoms with Crippen LogP contribution in [-0.2, 0) is 4.79 Å². The van der Waals surface area contributed by atoms with Crippen LogP contribution in [0, 0.1) is 5.41 Å². The Kier molecular flexibility index (Phi) is 3.77. The minimum absolute atomic E-state index is 0.0974. The van der Waals surface area contributed by atoms with Crippen LogP contribution in [0.3, 0.4) is 0 Å². The van der Waals surface area contributed by atoms with Gasteiger partial charge in [-0.1, -0.05) is 6.92 Å². The zero-order valence-electron chi connectivity index (χ0n) is 10.6. The SMILES string of the molecule is CC(C)NC(=O)C(C)NC(C)C1(C)CC1. The van der Waals surface area contributed by atoms with Crippen molar-refractivity contribution in [2.45, 2.75) is 65.6 Å². The third-order valence-corrected chi connectivity index (χ3v) is 3.41. The summed E-state index contributed by atoms with van der Waals surface area (Å²) in [6.45, 7) is 10.3. The average Bonchev–Trinajstić information content (AvgIpc) is 2.83. The predicted molar refractivity (Wildman–Crippen MR) is 62.7 cm³/mol. The van der Waals surface area contributed by atoms with E-state index in [1.807, 2.05) is 20.8 Å². The summed E-state index contributed by atoms with van der Waals surface area (Å²) in [6.07, 6.45) is 2.55. The molecule has 0 radical (unpaired) electrons. The Morgan fingerprint density at radius 2 is 1.73 bits per heavy atom. The summed E-state index contributed by atoms with van der Waals surface area (Å²) in [5, 5.41) is 6.29. The number of carbonyl (C=O) groups excluding carboxylic acids is 1. The molecule has 0 aromatic heterocycles. The van der Waals surface area contributed by atoms with Crippen LogP contribution in [0.5, 0.6) is 0 Å². The van der Waals surface area contributed by atoms with E-state index in [4.69, 9.17) is 0 Å². The van der Waals surface area contributed by atoms with Gasteiger partial charge in [0.25, 0.3) is 0 Å². The lowest BCUT2D eigenvalue weighted by Gasteiger charge is -2.25. The summed E-state index contributed by atoms with van der Waals surface area (Å²) >= 11 is 0. The summed E-state index contributed by atoms with van der Waals surface area (Å²) in [4.78, 5) is 11.7. The van der Waals surface area contributed by atoms with Crippen molar-refractivity contribution >= 4 is 5.91 Å². The maximum absolute atomic E-state index is 11.7. The molecule has 0 bridgehead atoms. The molecule has 0 heterocycles. The summed E-state index contributed by atoms with van der Waals surface area (Å²) in [5.41, 5.74) is 0.423. The lowest BCUT2D eigenvalue weighted by Crippen LogP contribution is -2.49. The first-order valence-corrected chi connectivity index (χ1v) is 5.91. The predicted octanol–water partition coefficient (Wildman–Crippen LogP) is 1.68. The molecule has 1 rings (SSSR count). The summed E-state index contributed by atoms with van der Waals surface area (Å²) in [5.74, 6) is 0.0982. The van der Waals surface area contributed by atoms with E-state index in [9.17, 15) is 4.79 Å². The molecule has 0 aromatic carbocycles. The second-order valence-corrected chi connectivity index (χ2v) is 5.43. The molecule has 2 atom stereocenters. The number of hydrogen-bond acceptors (Lipinski definition) is 2. The highest BCUT2D eigenvalue weighted by atomic mass is 16.2. The smallest absolute Gasteiger partial charge is 0.237 e. The van der Waals surface area contributed by atoms with E-state index in [0.717, 1.165) is 0 Å². The topological polar surface area (TPSA) is 41.1 Å². The number of hydrogen-bond donors (Lipinski definition) is 2. The van der Waals surface area contributed by atoms with Crippen LogP contribution in [0.1, 0.15) is 47.5 Å². The molecule has 15 heavy (non-hydrogen) atoms. The van der Waals surface area contributed by atoms with E-state index in [1.165, 1.54) is 12.8 Å². The first-order valence-electron chi connectivity index (χ1n) is 5.91. The van der Waals surface area contributed by atoms with Crippen molar-refractivity contribution in [2.75, 3.05) is 0 Å². The van der Waals surface area contributed by atoms with Gasteiger partial charge in [0, 0.05) is 12.1 Å². The van der Waals surface area contributed by atoms with Crippen molar-refractivity contribution < 1.29 is 4.79 Å². The number of nitrogens with one attached hydrogen (secondary N) is 2.